The fourth-order valence-electron chi connectivity index (χ4n) is 7.79. The number of anilines is 3. The van der Waals surface area contributed by atoms with Gasteiger partial charge >= 0.3 is 0 Å². The molecule has 5 heteroatoms. The van der Waals surface area contributed by atoms with Crippen LogP contribution in [-0.4, -0.2) is 4.98 Å². The second kappa shape index (κ2) is 12.1. The molecule has 0 bridgehead atoms. The van der Waals surface area contributed by atoms with Gasteiger partial charge in [-0.1, -0.05) is 103 Å². The zero-order valence-electron chi connectivity index (χ0n) is 28.9. The number of hydrogen-bond acceptors (Lipinski definition) is 5. The first-order valence-corrected chi connectivity index (χ1v) is 18.0. The minimum Gasteiger partial charge on any atom is -0.456 e. The maximum Gasteiger partial charge on any atom is 0.227 e. The van der Waals surface area contributed by atoms with Gasteiger partial charge in [-0.15, -0.1) is 0 Å². The number of para-hydroxylation sites is 1. The van der Waals surface area contributed by atoms with Gasteiger partial charge in [-0.05, 0) is 95.1 Å². The lowest BCUT2D eigenvalue weighted by Crippen LogP contribution is -2.10. The van der Waals surface area contributed by atoms with E-state index in [4.69, 9.17) is 18.2 Å². The third-order valence-electron chi connectivity index (χ3n) is 10.3. The number of benzene rings is 8. The largest absolute Gasteiger partial charge is 0.456 e. The third-order valence-corrected chi connectivity index (χ3v) is 10.3. The van der Waals surface area contributed by atoms with Crippen LogP contribution in [0, 0.1) is 0 Å². The highest BCUT2D eigenvalue weighted by Gasteiger charge is 2.20. The van der Waals surface area contributed by atoms with Gasteiger partial charge in [0.1, 0.15) is 27.8 Å². The summed E-state index contributed by atoms with van der Waals surface area (Å²) in [5, 5.41) is 4.15. The monoisotopic (exact) mass is 694 g/mol. The van der Waals surface area contributed by atoms with E-state index < -0.39 is 0 Å². The van der Waals surface area contributed by atoms with E-state index in [2.05, 4.69) is 120 Å². The second-order valence-corrected chi connectivity index (χ2v) is 13.5. The van der Waals surface area contributed by atoms with Gasteiger partial charge in [-0.2, -0.15) is 0 Å². The Bertz CT molecular complexity index is 3160. The molecule has 3 heterocycles. The first-order valence-electron chi connectivity index (χ1n) is 18.0. The minimum atomic E-state index is 0.591. The summed E-state index contributed by atoms with van der Waals surface area (Å²) >= 11 is 0. The SMILES string of the molecule is c1ccc(-c2ccc(N(c3cccc(-c4cccc5oc6ccccc6c45)c3)c3ccc4c(c3)oc3ccc5oc(-c6ccccc6)nc5c34)cc2)cc1. The van der Waals surface area contributed by atoms with Crippen molar-refractivity contribution in [2.24, 2.45) is 0 Å². The van der Waals surface area contributed by atoms with Crippen LogP contribution < -0.4 is 4.90 Å². The zero-order chi connectivity index (χ0) is 35.6. The van der Waals surface area contributed by atoms with Crippen LogP contribution in [0.2, 0.25) is 0 Å². The average molecular weight is 695 g/mol. The molecule has 0 N–H and O–H groups in total. The molecule has 0 amide bonds. The molecule has 54 heavy (non-hydrogen) atoms. The van der Waals surface area contributed by atoms with E-state index in [9.17, 15) is 0 Å². The van der Waals surface area contributed by atoms with Gasteiger partial charge in [0.05, 0.1) is 5.39 Å². The Balaban J connectivity index is 1.07. The number of oxazole rings is 1. The Hall–Kier alpha value is -7.37. The molecule has 11 aromatic rings. The summed E-state index contributed by atoms with van der Waals surface area (Å²) in [5.74, 6) is 0.591. The van der Waals surface area contributed by atoms with Crippen molar-refractivity contribution < 1.29 is 13.3 Å². The summed E-state index contributed by atoms with van der Waals surface area (Å²) in [7, 11) is 0. The molecule has 0 spiro atoms. The highest BCUT2D eigenvalue weighted by atomic mass is 16.4. The molecule has 0 fully saturated rings. The van der Waals surface area contributed by atoms with Crippen molar-refractivity contribution in [1.29, 1.82) is 0 Å². The second-order valence-electron chi connectivity index (χ2n) is 13.5. The number of furan rings is 2. The molecule has 0 unspecified atom stereocenters. The molecule has 0 radical (unpaired) electrons. The molecule has 0 aliphatic carbocycles. The van der Waals surface area contributed by atoms with Crippen LogP contribution in [0.4, 0.5) is 17.1 Å². The molecular weight excluding hydrogens is 665 g/mol. The Morgan fingerprint density at radius 2 is 0.963 bits per heavy atom. The van der Waals surface area contributed by atoms with Crippen LogP contribution in [0.3, 0.4) is 0 Å². The molecule has 3 aromatic heterocycles. The molecule has 5 nitrogen and oxygen atoms in total. The van der Waals surface area contributed by atoms with Gasteiger partial charge in [-0.25, -0.2) is 4.98 Å². The minimum absolute atomic E-state index is 0.591. The molecule has 0 aliphatic heterocycles. The molecule has 8 aromatic carbocycles. The lowest BCUT2D eigenvalue weighted by molar-refractivity contribution is 0.619. The topological polar surface area (TPSA) is 55.6 Å². The van der Waals surface area contributed by atoms with Crippen molar-refractivity contribution in [2.75, 3.05) is 4.90 Å². The first-order chi connectivity index (χ1) is 26.7. The van der Waals surface area contributed by atoms with Crippen molar-refractivity contribution in [1.82, 2.24) is 4.98 Å². The highest BCUT2D eigenvalue weighted by Crippen LogP contribution is 2.43. The summed E-state index contributed by atoms with van der Waals surface area (Å²) in [6.45, 7) is 0. The number of hydrogen-bond donors (Lipinski definition) is 0. The fourth-order valence-corrected chi connectivity index (χ4v) is 7.79. The lowest BCUT2D eigenvalue weighted by Gasteiger charge is -2.26. The molecule has 11 rings (SSSR count). The Morgan fingerprint density at radius 3 is 1.81 bits per heavy atom. The van der Waals surface area contributed by atoms with E-state index >= 15 is 0 Å². The fraction of sp³-hybridized carbons (Fsp3) is 0. The van der Waals surface area contributed by atoms with E-state index in [0.717, 1.165) is 94.3 Å². The number of nitrogens with zero attached hydrogens (tertiary/aromatic N) is 2. The highest BCUT2D eigenvalue weighted by molar-refractivity contribution is 6.17. The number of rotatable bonds is 6. The molecule has 0 saturated heterocycles. The van der Waals surface area contributed by atoms with Gasteiger partial charge in [0.25, 0.3) is 0 Å². The lowest BCUT2D eigenvalue weighted by atomic mass is 9.98. The van der Waals surface area contributed by atoms with Gasteiger partial charge in [0, 0.05) is 44.9 Å². The van der Waals surface area contributed by atoms with Crippen LogP contribution in [0.25, 0.3) is 88.7 Å². The van der Waals surface area contributed by atoms with Crippen molar-refractivity contribution in [3.05, 3.63) is 182 Å². The standard InChI is InChI=1S/C49H30N2O3/c1-3-11-31(12-4-1)32-21-23-35(24-22-32)51(36-16-9-15-34(29-36)38-18-10-20-42-46(38)39-17-7-8-19-41(39)52-42)37-25-26-40-45(30-37)53-43-27-28-44-48(47(40)43)50-49(54-44)33-13-5-2-6-14-33/h1-30H. The maximum absolute atomic E-state index is 6.57. The number of aromatic nitrogens is 1. The van der Waals surface area contributed by atoms with Crippen molar-refractivity contribution in [2.45, 2.75) is 0 Å². The number of fused-ring (bicyclic) bond motifs is 8. The quantitative estimate of drug-likeness (QED) is 0.173. The van der Waals surface area contributed by atoms with E-state index in [1.54, 1.807) is 0 Å². The summed E-state index contributed by atoms with van der Waals surface area (Å²) in [4.78, 5) is 7.24. The normalized spacial score (nSPS) is 11.7. The summed E-state index contributed by atoms with van der Waals surface area (Å²) < 4.78 is 19.1. The maximum atomic E-state index is 6.57. The summed E-state index contributed by atoms with van der Waals surface area (Å²) in [6.07, 6.45) is 0. The van der Waals surface area contributed by atoms with Gasteiger partial charge < -0.3 is 18.2 Å². The predicted molar refractivity (Wildman–Crippen MR) is 220 cm³/mol. The molecule has 0 atom stereocenters. The van der Waals surface area contributed by atoms with Gasteiger partial charge in [0.2, 0.25) is 5.89 Å². The van der Waals surface area contributed by atoms with E-state index in [1.165, 1.54) is 5.56 Å². The van der Waals surface area contributed by atoms with Crippen LogP contribution in [0.5, 0.6) is 0 Å². The molecule has 0 saturated carbocycles. The van der Waals surface area contributed by atoms with Crippen LogP contribution >= 0.6 is 0 Å². The molecule has 254 valence electrons. The van der Waals surface area contributed by atoms with Crippen molar-refractivity contribution in [3.63, 3.8) is 0 Å². The van der Waals surface area contributed by atoms with Crippen molar-refractivity contribution >= 4 is 72.0 Å². The Labute approximate surface area is 309 Å². The predicted octanol–water partition coefficient (Wildman–Crippen LogP) is 14.1. The third kappa shape index (κ3) is 4.90. The smallest absolute Gasteiger partial charge is 0.227 e. The van der Waals surface area contributed by atoms with Crippen LogP contribution in [0.1, 0.15) is 0 Å². The van der Waals surface area contributed by atoms with Crippen molar-refractivity contribution in [3.8, 4) is 33.7 Å². The summed E-state index contributed by atoms with van der Waals surface area (Å²) in [6, 6.07) is 62.8. The van der Waals surface area contributed by atoms with Crippen LogP contribution in [0.15, 0.2) is 195 Å². The first kappa shape index (κ1) is 30.3. The van der Waals surface area contributed by atoms with E-state index in [0.29, 0.717) is 5.89 Å². The van der Waals surface area contributed by atoms with Gasteiger partial charge in [0.15, 0.2) is 5.58 Å². The average Bonchev–Trinajstić information content (AvgIpc) is 3.95. The Kier molecular flexibility index (Phi) is 6.79. The zero-order valence-corrected chi connectivity index (χ0v) is 28.9. The van der Waals surface area contributed by atoms with E-state index in [-0.39, 0.29) is 0 Å². The Morgan fingerprint density at radius 1 is 0.352 bits per heavy atom. The molecular formula is C49H30N2O3. The molecule has 0 aliphatic rings. The van der Waals surface area contributed by atoms with Gasteiger partial charge in [-0.3, -0.25) is 0 Å². The van der Waals surface area contributed by atoms with Crippen LogP contribution in [-0.2, 0) is 0 Å². The van der Waals surface area contributed by atoms with E-state index in [1.807, 2.05) is 66.7 Å². The summed E-state index contributed by atoms with van der Waals surface area (Å²) in [5.41, 5.74) is 13.3.